The van der Waals surface area contributed by atoms with Gasteiger partial charge in [0.15, 0.2) is 6.10 Å². The fraction of sp³-hybridized carbons (Fsp3) is 0.756. The number of hydrogen-bond acceptors (Lipinski definition) is 7. The molecule has 0 aromatic rings. The molecule has 0 aliphatic rings. The van der Waals surface area contributed by atoms with Crippen LogP contribution in [0.15, 0.2) is 109 Å². The zero-order chi connectivity index (χ0) is 66.9. The Balaban J connectivity index is 4.02. The lowest BCUT2D eigenvalue weighted by molar-refractivity contribution is -0.870. The summed E-state index contributed by atoms with van der Waals surface area (Å²) in [6, 6.07) is 0. The highest BCUT2D eigenvalue weighted by Gasteiger charge is 2.27. The van der Waals surface area contributed by atoms with Crippen LogP contribution in [0.1, 0.15) is 348 Å². The molecule has 2 atom stereocenters. The van der Waals surface area contributed by atoms with E-state index in [4.69, 9.17) is 18.5 Å². The Morgan fingerprint density at radius 3 is 0.913 bits per heavy atom. The predicted octanol–water partition coefficient (Wildman–Crippen LogP) is 25.6. The standard InChI is InChI=1S/C82H146NO8P/c1-6-8-10-12-14-16-18-20-22-24-26-28-30-32-34-36-37-38-39-40-41-42-43-44-45-47-48-50-52-54-56-58-60-62-64-66-68-70-72-74-81(84)88-78-80(79-90-92(86,87)89-77-76-83(3,4)5)91-82(85)75-73-71-69-67-65-63-61-59-57-55-53-51-49-46-35-33-31-29-27-25-23-21-19-17-15-13-11-9-7-2/h9,11,15,17,21,23,27,29,33,35,49,51,55,57,61,63,67,69,80H,6-8,10,12-14,16,18-20,22,24-26,28,30-32,34,36-48,50,52-54,56,58-60,62,64-66,68,70-79H2,1-5H3/p+1/b11-9-,17-15-,23-21-,29-27-,35-33-,51-49-,57-55-,63-61-,69-67-. The monoisotopic (exact) mass is 1310 g/mol. The zero-order valence-electron chi connectivity index (χ0n) is 60.8. The Bertz CT molecular complexity index is 1920. The molecule has 0 bridgehead atoms. The number of hydrogen-bond donors (Lipinski definition) is 1. The molecule has 0 rings (SSSR count). The number of carbonyl (C=O) groups is 2. The summed E-state index contributed by atoms with van der Waals surface area (Å²) in [6.07, 6.45) is 103. The van der Waals surface area contributed by atoms with Crippen molar-refractivity contribution in [2.45, 2.75) is 354 Å². The summed E-state index contributed by atoms with van der Waals surface area (Å²) in [7, 11) is 1.44. The summed E-state index contributed by atoms with van der Waals surface area (Å²) in [5.41, 5.74) is 0. The lowest BCUT2D eigenvalue weighted by atomic mass is 10.0. The first-order valence-electron chi connectivity index (χ1n) is 38.6. The van der Waals surface area contributed by atoms with Crippen LogP contribution in [0.3, 0.4) is 0 Å². The van der Waals surface area contributed by atoms with Crippen LogP contribution in [0.4, 0.5) is 0 Å². The predicted molar refractivity (Wildman–Crippen MR) is 399 cm³/mol. The molecule has 10 heteroatoms. The van der Waals surface area contributed by atoms with Gasteiger partial charge in [-0.25, -0.2) is 4.57 Å². The fourth-order valence-electron chi connectivity index (χ4n) is 11.0. The van der Waals surface area contributed by atoms with Crippen LogP contribution < -0.4 is 0 Å². The maximum absolute atomic E-state index is 12.9. The van der Waals surface area contributed by atoms with Gasteiger partial charge in [-0.3, -0.25) is 18.6 Å². The van der Waals surface area contributed by atoms with Gasteiger partial charge < -0.3 is 18.9 Å². The summed E-state index contributed by atoms with van der Waals surface area (Å²) < 4.78 is 34.7. The van der Waals surface area contributed by atoms with Gasteiger partial charge in [0.05, 0.1) is 27.7 Å². The van der Waals surface area contributed by atoms with Crippen LogP contribution in [-0.4, -0.2) is 74.9 Å². The first kappa shape index (κ1) is 88.7. The van der Waals surface area contributed by atoms with Gasteiger partial charge in [0.1, 0.15) is 19.8 Å². The number of rotatable bonds is 71. The minimum Gasteiger partial charge on any atom is -0.462 e. The van der Waals surface area contributed by atoms with Crippen LogP contribution >= 0.6 is 7.82 Å². The second-order valence-corrected chi connectivity index (χ2v) is 28.5. The van der Waals surface area contributed by atoms with Crippen molar-refractivity contribution in [2.75, 3.05) is 47.5 Å². The molecule has 0 aromatic carbocycles. The molecule has 0 fully saturated rings. The Morgan fingerprint density at radius 2 is 0.620 bits per heavy atom. The molecular weight excluding hydrogens is 1160 g/mol. The molecule has 1 N–H and O–H groups in total. The summed E-state index contributed by atoms with van der Waals surface area (Å²) in [5.74, 6) is -0.861. The Hall–Kier alpha value is -3.33. The molecule has 92 heavy (non-hydrogen) atoms. The first-order valence-corrected chi connectivity index (χ1v) is 40.1. The highest BCUT2D eigenvalue weighted by Crippen LogP contribution is 2.43. The molecule has 9 nitrogen and oxygen atoms in total. The third-order valence-corrected chi connectivity index (χ3v) is 17.8. The molecule has 0 spiro atoms. The van der Waals surface area contributed by atoms with E-state index in [0.29, 0.717) is 23.9 Å². The smallest absolute Gasteiger partial charge is 0.462 e. The average molecular weight is 1310 g/mol. The van der Waals surface area contributed by atoms with Crippen LogP contribution in [0.5, 0.6) is 0 Å². The van der Waals surface area contributed by atoms with Gasteiger partial charge in [0.25, 0.3) is 0 Å². The van der Waals surface area contributed by atoms with E-state index >= 15 is 0 Å². The molecule has 0 amide bonds. The molecule has 0 saturated carbocycles. The number of likely N-dealkylation sites (N-methyl/N-ethyl adjacent to an activating group) is 1. The van der Waals surface area contributed by atoms with Crippen LogP contribution in [0.2, 0.25) is 0 Å². The lowest BCUT2D eigenvalue weighted by Crippen LogP contribution is -2.37. The molecule has 0 heterocycles. The fourth-order valence-corrected chi connectivity index (χ4v) is 11.7. The van der Waals surface area contributed by atoms with Gasteiger partial charge >= 0.3 is 19.8 Å². The minimum atomic E-state index is -4.42. The third-order valence-electron chi connectivity index (χ3n) is 16.8. The van der Waals surface area contributed by atoms with Gasteiger partial charge in [0.2, 0.25) is 0 Å². The van der Waals surface area contributed by atoms with Gasteiger partial charge in [0, 0.05) is 12.8 Å². The van der Waals surface area contributed by atoms with Crippen molar-refractivity contribution < 1.29 is 42.1 Å². The Kier molecular flexibility index (Phi) is 69.3. The van der Waals surface area contributed by atoms with Gasteiger partial charge in [-0.1, -0.05) is 367 Å². The number of carbonyl (C=O) groups excluding carboxylic acids is 2. The number of ether oxygens (including phenoxy) is 2. The van der Waals surface area contributed by atoms with Crippen LogP contribution in [0.25, 0.3) is 0 Å². The maximum Gasteiger partial charge on any atom is 0.472 e. The topological polar surface area (TPSA) is 108 Å². The second-order valence-electron chi connectivity index (χ2n) is 27.0. The Labute approximate surface area is 569 Å². The summed E-state index contributed by atoms with van der Waals surface area (Å²) in [5, 5.41) is 0. The summed E-state index contributed by atoms with van der Waals surface area (Å²) in [4.78, 5) is 35.9. The highest BCUT2D eigenvalue weighted by atomic mass is 31.2. The summed E-state index contributed by atoms with van der Waals surface area (Å²) in [6.45, 7) is 4.29. The first-order chi connectivity index (χ1) is 45.0. The van der Waals surface area contributed by atoms with Crippen molar-refractivity contribution >= 4 is 19.8 Å². The van der Waals surface area contributed by atoms with Crippen LogP contribution in [0, 0.1) is 0 Å². The van der Waals surface area contributed by atoms with Gasteiger partial charge in [-0.15, -0.1) is 0 Å². The van der Waals surface area contributed by atoms with E-state index in [1.54, 1.807) is 0 Å². The molecular formula is C82H147NO8P+. The van der Waals surface area contributed by atoms with E-state index in [2.05, 4.69) is 123 Å². The van der Waals surface area contributed by atoms with Gasteiger partial charge in [-0.2, -0.15) is 0 Å². The lowest BCUT2D eigenvalue weighted by Gasteiger charge is -2.24. The maximum atomic E-state index is 12.9. The van der Waals surface area contributed by atoms with E-state index < -0.39 is 26.5 Å². The van der Waals surface area contributed by atoms with Crippen LogP contribution in [-0.2, 0) is 32.7 Å². The normalized spacial score (nSPS) is 13.7. The third kappa shape index (κ3) is 75.7. The van der Waals surface area contributed by atoms with Crippen molar-refractivity contribution in [1.82, 2.24) is 0 Å². The second kappa shape index (κ2) is 72.0. The van der Waals surface area contributed by atoms with E-state index in [1.165, 1.54) is 231 Å². The number of nitrogens with zero attached hydrogens (tertiary/aromatic N) is 1. The molecule has 0 aliphatic heterocycles. The molecule has 0 radical (unpaired) electrons. The minimum absolute atomic E-state index is 0.0165. The van der Waals surface area contributed by atoms with E-state index in [1.807, 2.05) is 21.1 Å². The highest BCUT2D eigenvalue weighted by molar-refractivity contribution is 7.47. The SMILES string of the molecule is CC/C=C\C/C=C\C/C=C\C/C=C\C/C=C\C/C=C\C/C=C\C/C=C\C/C=C\CCCC(=O)OC(COC(=O)CCCCCCCCCCCCCCCCCCCCCCCCCCCCCCCCCCCCCCCCC)COP(=O)(O)OCC[N+](C)(C)C. The van der Waals surface area contributed by atoms with Gasteiger partial charge in [-0.05, 0) is 77.0 Å². The quantitative estimate of drug-likeness (QED) is 0.0211. The van der Waals surface area contributed by atoms with E-state index in [0.717, 1.165) is 77.0 Å². The summed E-state index contributed by atoms with van der Waals surface area (Å²) >= 11 is 0. The van der Waals surface area contributed by atoms with Crippen molar-refractivity contribution in [3.63, 3.8) is 0 Å². The Morgan fingerprint density at radius 1 is 0.348 bits per heavy atom. The van der Waals surface area contributed by atoms with Crippen molar-refractivity contribution in [3.8, 4) is 0 Å². The number of phosphoric ester groups is 1. The molecule has 0 aliphatic carbocycles. The molecule has 2 unspecified atom stereocenters. The van der Waals surface area contributed by atoms with Crippen molar-refractivity contribution in [3.05, 3.63) is 109 Å². The zero-order valence-corrected chi connectivity index (χ0v) is 61.7. The molecule has 0 saturated heterocycles. The van der Waals surface area contributed by atoms with E-state index in [9.17, 15) is 19.0 Å². The number of allylic oxidation sites excluding steroid dienone is 18. The number of esters is 2. The number of phosphoric acid groups is 1. The average Bonchev–Trinajstić information content (AvgIpc) is 2.14. The van der Waals surface area contributed by atoms with E-state index in [-0.39, 0.29) is 32.0 Å². The largest absolute Gasteiger partial charge is 0.472 e. The number of unbranched alkanes of at least 4 members (excludes halogenated alkanes) is 39. The van der Waals surface area contributed by atoms with Crippen molar-refractivity contribution in [2.24, 2.45) is 0 Å². The van der Waals surface area contributed by atoms with Crippen molar-refractivity contribution in [1.29, 1.82) is 0 Å². The number of quaternary nitrogens is 1. The molecule has 532 valence electrons. The molecule has 0 aromatic heterocycles.